The minimum Gasteiger partial charge on any atom is -0.465 e. The molecule has 10 heteroatoms. The number of piperazine rings is 1. The first-order valence-corrected chi connectivity index (χ1v) is 8.81. The van der Waals surface area contributed by atoms with E-state index in [-0.39, 0.29) is 32.7 Å². The van der Waals surface area contributed by atoms with Gasteiger partial charge in [0, 0.05) is 18.5 Å². The molecule has 2 aromatic rings. The van der Waals surface area contributed by atoms with E-state index in [0.717, 1.165) is 12.8 Å². The van der Waals surface area contributed by atoms with Crippen molar-refractivity contribution in [3.05, 3.63) is 27.5 Å². The molecule has 0 radical (unpaired) electrons. The Morgan fingerprint density at radius 2 is 1.92 bits per heavy atom. The van der Waals surface area contributed by atoms with Crippen LogP contribution in [0.25, 0.3) is 10.9 Å². The lowest BCUT2D eigenvalue weighted by molar-refractivity contribution is 0.114. The van der Waals surface area contributed by atoms with Crippen LogP contribution in [0.3, 0.4) is 0 Å². The Hall–Kier alpha value is -1.74. The molecule has 1 amide bonds. The average Bonchev–Trinajstić information content (AvgIpc) is 2.84. The predicted molar refractivity (Wildman–Crippen MR) is 91.1 cm³/mol. The largest absolute Gasteiger partial charge is 0.465 e. The average molecular weight is 434 g/mol. The van der Waals surface area contributed by atoms with Crippen molar-refractivity contribution in [1.29, 1.82) is 0 Å². The lowest BCUT2D eigenvalue weighted by Gasteiger charge is -2.40. The first-order valence-electron chi connectivity index (χ1n) is 7.63. The van der Waals surface area contributed by atoms with Gasteiger partial charge in [0.2, 0.25) is 5.28 Å². The Bertz CT molecular complexity index is 886. The number of amides is 1. The van der Waals surface area contributed by atoms with Crippen molar-refractivity contribution in [2.24, 2.45) is 0 Å². The molecular formula is C15H12BrClF2N4O2. The van der Waals surface area contributed by atoms with Crippen LogP contribution in [-0.2, 0) is 0 Å². The van der Waals surface area contributed by atoms with Crippen LogP contribution < -0.4 is 4.90 Å². The number of carbonyl (C=O) groups is 1. The molecule has 2 saturated heterocycles. The molecule has 2 aliphatic heterocycles. The molecule has 132 valence electrons. The molecule has 2 atom stereocenters. The van der Waals surface area contributed by atoms with E-state index in [0.29, 0.717) is 18.9 Å². The van der Waals surface area contributed by atoms with Crippen molar-refractivity contribution in [3.8, 4) is 0 Å². The fraction of sp³-hybridized carbons (Fsp3) is 0.400. The van der Waals surface area contributed by atoms with E-state index in [2.05, 4.69) is 25.9 Å². The van der Waals surface area contributed by atoms with Crippen LogP contribution in [0, 0.1) is 11.6 Å². The van der Waals surface area contributed by atoms with Gasteiger partial charge in [0.05, 0.1) is 16.6 Å². The molecule has 25 heavy (non-hydrogen) atoms. The maximum atomic E-state index is 14.4. The summed E-state index contributed by atoms with van der Waals surface area (Å²) in [6, 6.07) is 0.815. The van der Waals surface area contributed by atoms with Crippen molar-refractivity contribution in [2.45, 2.75) is 24.9 Å². The van der Waals surface area contributed by atoms with Gasteiger partial charge in [0.15, 0.2) is 5.82 Å². The summed E-state index contributed by atoms with van der Waals surface area (Å²) in [5.74, 6) is -1.28. The standard InChI is InChI=1S/C15H12BrClF2N4O2/c16-10-9(18)3-8-12(11(10)19)20-14(17)21-13(8)22-4-6-1-2-7(5-22)23(6)15(24)25/h3,6-7H,1-2,4-5H2,(H,24,25). The minimum absolute atomic E-state index is 0.0729. The molecule has 6 nitrogen and oxygen atoms in total. The van der Waals surface area contributed by atoms with Crippen LogP contribution in [0.4, 0.5) is 19.4 Å². The zero-order valence-electron chi connectivity index (χ0n) is 12.7. The number of hydrogen-bond acceptors (Lipinski definition) is 4. The highest BCUT2D eigenvalue weighted by Crippen LogP contribution is 2.37. The Morgan fingerprint density at radius 3 is 2.52 bits per heavy atom. The summed E-state index contributed by atoms with van der Waals surface area (Å²) in [6.07, 6.45) is 0.551. The third-order valence-corrected chi connectivity index (χ3v) is 5.68. The highest BCUT2D eigenvalue weighted by molar-refractivity contribution is 9.10. The smallest absolute Gasteiger partial charge is 0.407 e. The van der Waals surface area contributed by atoms with Crippen LogP contribution in [0.2, 0.25) is 5.28 Å². The number of nitrogens with zero attached hydrogens (tertiary/aromatic N) is 4. The van der Waals surface area contributed by atoms with E-state index in [1.165, 1.54) is 11.0 Å². The van der Waals surface area contributed by atoms with Gasteiger partial charge < -0.3 is 10.0 Å². The summed E-state index contributed by atoms with van der Waals surface area (Å²) in [6.45, 7) is 0.787. The Labute approximate surface area is 154 Å². The third kappa shape index (κ3) is 2.60. The second-order valence-corrected chi connectivity index (χ2v) is 7.31. The second kappa shape index (κ2) is 5.91. The Morgan fingerprint density at radius 1 is 1.28 bits per heavy atom. The molecular weight excluding hydrogens is 422 g/mol. The summed E-state index contributed by atoms with van der Waals surface area (Å²) in [4.78, 5) is 22.8. The highest BCUT2D eigenvalue weighted by atomic mass is 79.9. The van der Waals surface area contributed by atoms with Crippen LogP contribution in [0.5, 0.6) is 0 Å². The van der Waals surface area contributed by atoms with E-state index in [1.807, 2.05) is 4.90 Å². The fourth-order valence-electron chi connectivity index (χ4n) is 3.76. The second-order valence-electron chi connectivity index (χ2n) is 6.18. The van der Waals surface area contributed by atoms with Gasteiger partial charge in [0.25, 0.3) is 0 Å². The van der Waals surface area contributed by atoms with Gasteiger partial charge in [-0.05, 0) is 46.4 Å². The molecule has 1 aromatic carbocycles. The quantitative estimate of drug-likeness (QED) is 0.549. The first kappa shape index (κ1) is 16.7. The topological polar surface area (TPSA) is 69.6 Å². The first-order chi connectivity index (χ1) is 11.9. The number of halogens is 4. The number of anilines is 1. The summed E-state index contributed by atoms with van der Waals surface area (Å²) >= 11 is 8.80. The molecule has 0 aliphatic carbocycles. The number of hydrogen-bond donors (Lipinski definition) is 1. The minimum atomic E-state index is -0.946. The molecule has 0 saturated carbocycles. The Balaban J connectivity index is 1.82. The molecule has 2 fully saturated rings. The molecule has 1 N–H and O–H groups in total. The van der Waals surface area contributed by atoms with Crippen LogP contribution in [0.15, 0.2) is 10.5 Å². The van der Waals surface area contributed by atoms with E-state index in [4.69, 9.17) is 11.6 Å². The lowest BCUT2D eigenvalue weighted by Crippen LogP contribution is -2.55. The van der Waals surface area contributed by atoms with E-state index in [9.17, 15) is 18.7 Å². The van der Waals surface area contributed by atoms with E-state index < -0.39 is 17.7 Å². The summed E-state index contributed by atoms with van der Waals surface area (Å²) in [7, 11) is 0. The molecule has 1 aromatic heterocycles. The van der Waals surface area contributed by atoms with Gasteiger partial charge in [0.1, 0.15) is 17.2 Å². The maximum absolute atomic E-state index is 14.4. The summed E-state index contributed by atoms with van der Waals surface area (Å²) < 4.78 is 28.1. The van der Waals surface area contributed by atoms with Crippen LogP contribution in [-0.4, -0.2) is 51.2 Å². The van der Waals surface area contributed by atoms with Gasteiger partial charge in [-0.3, -0.25) is 4.90 Å². The molecule has 2 bridgehead atoms. The van der Waals surface area contributed by atoms with Crippen molar-refractivity contribution in [2.75, 3.05) is 18.0 Å². The third-order valence-electron chi connectivity index (χ3n) is 4.78. The fourth-order valence-corrected chi connectivity index (χ4v) is 4.23. The summed E-state index contributed by atoms with van der Waals surface area (Å²) in [5, 5.41) is 9.42. The monoisotopic (exact) mass is 432 g/mol. The van der Waals surface area contributed by atoms with Crippen LogP contribution in [0.1, 0.15) is 12.8 Å². The van der Waals surface area contributed by atoms with Crippen molar-refractivity contribution in [3.63, 3.8) is 0 Å². The molecule has 2 unspecified atom stereocenters. The lowest BCUT2D eigenvalue weighted by atomic mass is 10.1. The number of rotatable bonds is 1. The van der Waals surface area contributed by atoms with Crippen LogP contribution >= 0.6 is 27.5 Å². The molecule has 0 spiro atoms. The van der Waals surface area contributed by atoms with E-state index in [1.54, 1.807) is 0 Å². The van der Waals surface area contributed by atoms with Crippen molar-refractivity contribution < 1.29 is 18.7 Å². The van der Waals surface area contributed by atoms with E-state index >= 15 is 0 Å². The maximum Gasteiger partial charge on any atom is 0.407 e. The normalized spacial score (nSPS) is 22.7. The van der Waals surface area contributed by atoms with Crippen molar-refractivity contribution in [1.82, 2.24) is 14.9 Å². The zero-order chi connectivity index (χ0) is 17.9. The molecule has 4 rings (SSSR count). The SMILES string of the molecule is O=C(O)N1C2CCC1CN(c1nc(Cl)nc3c(F)c(Br)c(F)cc13)C2. The Kier molecular flexibility index (Phi) is 3.95. The van der Waals surface area contributed by atoms with Gasteiger partial charge in [-0.15, -0.1) is 0 Å². The van der Waals surface area contributed by atoms with Gasteiger partial charge in [-0.25, -0.2) is 18.6 Å². The highest BCUT2D eigenvalue weighted by Gasteiger charge is 2.43. The number of carboxylic acid groups (broad SMARTS) is 1. The molecule has 2 aliphatic rings. The number of benzene rings is 1. The van der Waals surface area contributed by atoms with Gasteiger partial charge >= 0.3 is 6.09 Å². The van der Waals surface area contributed by atoms with Crippen molar-refractivity contribution >= 4 is 50.3 Å². The molecule has 3 heterocycles. The number of fused-ring (bicyclic) bond motifs is 3. The number of aromatic nitrogens is 2. The van der Waals surface area contributed by atoms with Gasteiger partial charge in [-0.2, -0.15) is 4.98 Å². The summed E-state index contributed by atoms with van der Waals surface area (Å²) in [5.41, 5.74) is -0.0729. The predicted octanol–water partition coefficient (Wildman–Crippen LogP) is 3.65. The van der Waals surface area contributed by atoms with Gasteiger partial charge in [-0.1, -0.05) is 0 Å². The zero-order valence-corrected chi connectivity index (χ0v) is 15.1.